The maximum atomic E-state index is 12.4. The van der Waals surface area contributed by atoms with Gasteiger partial charge in [0.15, 0.2) is 0 Å². The van der Waals surface area contributed by atoms with Crippen molar-refractivity contribution in [2.75, 3.05) is 13.1 Å². The van der Waals surface area contributed by atoms with Crippen molar-refractivity contribution in [3.63, 3.8) is 0 Å². The second-order valence-corrected chi connectivity index (χ2v) is 10.1. The largest absolute Gasteiger partial charge is 0.460 e. The molecule has 0 radical (unpaired) electrons. The van der Waals surface area contributed by atoms with Crippen LogP contribution in [0.2, 0.25) is 0 Å². The van der Waals surface area contributed by atoms with Gasteiger partial charge in [-0.15, -0.1) is 0 Å². The number of esters is 1. The summed E-state index contributed by atoms with van der Waals surface area (Å²) in [6.07, 6.45) is 7.73. The number of piperidine rings is 1. The number of ether oxygens (including phenoxy) is 1. The molecule has 1 aromatic carbocycles. The molecule has 2 atom stereocenters. The first-order valence-corrected chi connectivity index (χ1v) is 11.1. The average molecular weight is 385 g/mol. The van der Waals surface area contributed by atoms with Gasteiger partial charge in [0, 0.05) is 36.6 Å². The van der Waals surface area contributed by atoms with Gasteiger partial charge in [-0.25, -0.2) is 0 Å². The fourth-order valence-corrected chi connectivity index (χ4v) is 5.11. The van der Waals surface area contributed by atoms with E-state index in [2.05, 4.69) is 40.5 Å². The molecule has 154 valence electrons. The Balaban J connectivity index is 1.25. The predicted octanol–water partition coefficient (Wildman–Crippen LogP) is 4.25. The van der Waals surface area contributed by atoms with Gasteiger partial charge in [-0.05, 0) is 64.9 Å². The molecule has 0 unspecified atom stereocenters. The third-order valence-corrected chi connectivity index (χ3v) is 6.81. The molecule has 4 nitrogen and oxygen atoms in total. The van der Waals surface area contributed by atoms with Gasteiger partial charge in [0.2, 0.25) is 0 Å². The minimum absolute atomic E-state index is 0.0314. The monoisotopic (exact) mass is 384 g/mol. The number of hydrogen-bond acceptors (Lipinski definition) is 4. The van der Waals surface area contributed by atoms with E-state index in [4.69, 9.17) is 4.74 Å². The molecule has 1 saturated heterocycles. The summed E-state index contributed by atoms with van der Waals surface area (Å²) in [5.41, 5.74) is 1.15. The molecule has 1 N–H and O–H groups in total. The second kappa shape index (κ2) is 7.79. The number of benzene rings is 1. The zero-order valence-electron chi connectivity index (χ0n) is 17.7. The van der Waals surface area contributed by atoms with Crippen molar-refractivity contribution in [1.29, 1.82) is 0 Å². The molecule has 4 rings (SSSR count). The Morgan fingerprint density at radius 2 is 1.86 bits per heavy atom. The van der Waals surface area contributed by atoms with Gasteiger partial charge in [-0.2, -0.15) is 0 Å². The van der Waals surface area contributed by atoms with Crippen molar-refractivity contribution in [3.8, 4) is 0 Å². The van der Waals surface area contributed by atoms with Gasteiger partial charge < -0.3 is 10.1 Å². The molecule has 0 bridgehead atoms. The van der Waals surface area contributed by atoms with Gasteiger partial charge >= 0.3 is 5.97 Å². The Bertz CT molecular complexity index is 670. The molecule has 0 spiro atoms. The average Bonchev–Trinajstić information content (AvgIpc) is 3.37. The van der Waals surface area contributed by atoms with Crippen LogP contribution in [0.1, 0.15) is 77.2 Å². The maximum Gasteiger partial charge on any atom is 0.308 e. The summed E-state index contributed by atoms with van der Waals surface area (Å²) < 4.78 is 5.62. The third kappa shape index (κ3) is 4.60. The quantitative estimate of drug-likeness (QED) is 0.745. The standard InChI is InChI=1S/C24H36N2O2/c1-23(2,3)28-22(27)17-24(12-7-13-24)26-14-10-19(11-15-26)25-21-16-20(21)18-8-5-4-6-9-18/h4-6,8-9,19-21,25H,7,10-17H2,1-3H3/t20-,21+/m0/s1. The van der Waals surface area contributed by atoms with Crippen molar-refractivity contribution in [2.45, 2.75) is 94.9 Å². The minimum Gasteiger partial charge on any atom is -0.460 e. The Kier molecular flexibility index (Phi) is 5.54. The highest BCUT2D eigenvalue weighted by molar-refractivity contribution is 5.71. The van der Waals surface area contributed by atoms with E-state index in [1.54, 1.807) is 0 Å². The van der Waals surface area contributed by atoms with Crippen molar-refractivity contribution in [1.82, 2.24) is 10.2 Å². The number of carbonyl (C=O) groups excluding carboxylic acids is 1. The van der Waals surface area contributed by atoms with E-state index in [0.29, 0.717) is 24.4 Å². The van der Waals surface area contributed by atoms with E-state index in [1.807, 2.05) is 20.8 Å². The van der Waals surface area contributed by atoms with E-state index in [1.165, 1.54) is 31.2 Å². The highest BCUT2D eigenvalue weighted by Crippen LogP contribution is 2.44. The summed E-state index contributed by atoms with van der Waals surface area (Å²) in [4.78, 5) is 15.0. The van der Waals surface area contributed by atoms with Gasteiger partial charge in [-0.3, -0.25) is 9.69 Å². The Morgan fingerprint density at radius 3 is 2.43 bits per heavy atom. The van der Waals surface area contributed by atoms with Gasteiger partial charge in [0.1, 0.15) is 5.60 Å². The SMILES string of the molecule is CC(C)(C)OC(=O)CC1(N2CCC(N[C@@H]3C[C@H]3c3ccccc3)CC2)CCC1. The molecule has 0 aromatic heterocycles. The van der Waals surface area contributed by atoms with Crippen LogP contribution < -0.4 is 5.32 Å². The summed E-state index contributed by atoms with van der Waals surface area (Å²) in [6, 6.07) is 12.2. The van der Waals surface area contributed by atoms with Crippen LogP contribution in [0.5, 0.6) is 0 Å². The van der Waals surface area contributed by atoms with Crippen molar-refractivity contribution >= 4 is 5.97 Å². The van der Waals surface area contributed by atoms with E-state index in [9.17, 15) is 4.79 Å². The second-order valence-electron chi connectivity index (χ2n) is 10.1. The summed E-state index contributed by atoms with van der Waals surface area (Å²) in [5, 5.41) is 3.90. The number of hydrogen-bond donors (Lipinski definition) is 1. The molecule has 3 fully saturated rings. The highest BCUT2D eigenvalue weighted by Gasteiger charge is 2.46. The van der Waals surface area contributed by atoms with Crippen molar-refractivity contribution < 1.29 is 9.53 Å². The number of nitrogens with zero attached hydrogens (tertiary/aromatic N) is 1. The van der Waals surface area contributed by atoms with Crippen molar-refractivity contribution in [3.05, 3.63) is 35.9 Å². The first-order chi connectivity index (χ1) is 13.3. The molecule has 28 heavy (non-hydrogen) atoms. The van der Waals surface area contributed by atoms with Crippen LogP contribution >= 0.6 is 0 Å². The summed E-state index contributed by atoms with van der Waals surface area (Å²) >= 11 is 0. The first kappa shape index (κ1) is 19.9. The predicted molar refractivity (Wildman–Crippen MR) is 112 cm³/mol. The van der Waals surface area contributed by atoms with Crippen LogP contribution in [0.25, 0.3) is 0 Å². The summed E-state index contributed by atoms with van der Waals surface area (Å²) in [6.45, 7) is 8.06. The van der Waals surface area contributed by atoms with Crippen LogP contribution in [0.4, 0.5) is 0 Å². The molecule has 1 aromatic rings. The Hall–Kier alpha value is -1.39. The number of likely N-dealkylation sites (tertiary alicyclic amines) is 1. The molecular weight excluding hydrogens is 348 g/mol. The number of nitrogens with one attached hydrogen (secondary N) is 1. The first-order valence-electron chi connectivity index (χ1n) is 11.1. The highest BCUT2D eigenvalue weighted by atomic mass is 16.6. The third-order valence-electron chi connectivity index (χ3n) is 6.81. The smallest absolute Gasteiger partial charge is 0.308 e. The van der Waals surface area contributed by atoms with Gasteiger partial charge in [0.25, 0.3) is 0 Å². The summed E-state index contributed by atoms with van der Waals surface area (Å²) in [5.74, 6) is 0.667. The number of rotatable bonds is 6. The van der Waals surface area contributed by atoms with E-state index < -0.39 is 5.60 Å². The molecule has 2 aliphatic carbocycles. The fraction of sp³-hybridized carbons (Fsp3) is 0.708. The molecular formula is C24H36N2O2. The molecule has 1 aliphatic heterocycles. The molecule has 4 heteroatoms. The van der Waals surface area contributed by atoms with Crippen LogP contribution in [-0.4, -0.2) is 47.2 Å². The van der Waals surface area contributed by atoms with Crippen LogP contribution in [-0.2, 0) is 9.53 Å². The molecule has 1 heterocycles. The molecule has 2 saturated carbocycles. The number of carbonyl (C=O) groups is 1. The van der Waals surface area contributed by atoms with E-state index in [0.717, 1.165) is 25.9 Å². The zero-order valence-corrected chi connectivity index (χ0v) is 17.7. The normalized spacial score (nSPS) is 27.8. The van der Waals surface area contributed by atoms with Crippen molar-refractivity contribution in [2.24, 2.45) is 0 Å². The lowest BCUT2D eigenvalue weighted by atomic mass is 9.72. The van der Waals surface area contributed by atoms with Gasteiger partial charge in [0.05, 0.1) is 6.42 Å². The Labute approximate surface area is 170 Å². The van der Waals surface area contributed by atoms with Crippen LogP contribution in [0, 0.1) is 0 Å². The van der Waals surface area contributed by atoms with Crippen LogP contribution in [0.15, 0.2) is 30.3 Å². The van der Waals surface area contributed by atoms with E-state index in [-0.39, 0.29) is 11.5 Å². The lowest BCUT2D eigenvalue weighted by molar-refractivity contribution is -0.161. The van der Waals surface area contributed by atoms with Gasteiger partial charge in [-0.1, -0.05) is 30.3 Å². The van der Waals surface area contributed by atoms with Crippen LogP contribution in [0.3, 0.4) is 0 Å². The fourth-order valence-electron chi connectivity index (χ4n) is 5.11. The molecule has 3 aliphatic rings. The summed E-state index contributed by atoms with van der Waals surface area (Å²) in [7, 11) is 0. The maximum absolute atomic E-state index is 12.4. The zero-order chi connectivity index (χ0) is 19.8. The Morgan fingerprint density at radius 1 is 1.18 bits per heavy atom. The topological polar surface area (TPSA) is 41.6 Å². The minimum atomic E-state index is -0.390. The molecule has 0 amide bonds. The lowest BCUT2D eigenvalue weighted by Crippen LogP contribution is -2.59. The lowest BCUT2D eigenvalue weighted by Gasteiger charge is -2.52. The van der Waals surface area contributed by atoms with E-state index >= 15 is 0 Å².